The Labute approximate surface area is 117 Å². The smallest absolute Gasteiger partial charge is 0.374 e. The maximum absolute atomic E-state index is 11.9. The Bertz CT molecular complexity index is 646. The molecule has 0 saturated heterocycles. The fourth-order valence-corrected chi connectivity index (χ4v) is 2.29. The molecule has 0 bridgehead atoms. The molecule has 7 heteroatoms. The second-order valence-electron chi connectivity index (χ2n) is 4.23. The second kappa shape index (κ2) is 6.98. The van der Waals surface area contributed by atoms with Crippen molar-refractivity contribution in [2.75, 3.05) is 6.61 Å². The van der Waals surface area contributed by atoms with E-state index in [1.807, 2.05) is 6.92 Å². The summed E-state index contributed by atoms with van der Waals surface area (Å²) in [6, 6.07) is 4.07. The molecule has 0 N–H and O–H groups in total. The van der Waals surface area contributed by atoms with Gasteiger partial charge in [0.25, 0.3) is 9.84 Å². The number of rotatable bonds is 6. The highest BCUT2D eigenvalue weighted by Crippen LogP contribution is 2.17. The molecule has 1 aromatic carbocycles. The summed E-state index contributed by atoms with van der Waals surface area (Å²) in [6.45, 7) is 3.96. The van der Waals surface area contributed by atoms with Gasteiger partial charge in [-0.25, -0.2) is 13.2 Å². The van der Waals surface area contributed by atoms with Crippen molar-refractivity contribution in [3.05, 3.63) is 34.9 Å². The highest BCUT2D eigenvalue weighted by molar-refractivity contribution is 8.04. The number of benzene rings is 1. The summed E-state index contributed by atoms with van der Waals surface area (Å²) in [4.78, 5) is 14.3. The number of hydrogen-bond acceptors (Lipinski definition) is 4. The lowest BCUT2D eigenvalue weighted by Crippen LogP contribution is -2.10. The molecule has 0 aliphatic carbocycles. The zero-order chi connectivity index (χ0) is 15.2. The molecule has 0 saturated carbocycles. The maximum atomic E-state index is 11.9. The Balaban J connectivity index is 3.09. The molecule has 0 aromatic heterocycles. The number of ether oxygens (including phenoxy) is 1. The largest absolute Gasteiger partial charge is 0.462 e. The van der Waals surface area contributed by atoms with Crippen LogP contribution in [-0.2, 0) is 14.6 Å². The average molecular weight is 296 g/mol. The predicted molar refractivity (Wildman–Crippen MR) is 73.2 cm³/mol. The molecule has 0 atom stereocenters. The lowest BCUT2D eigenvalue weighted by atomic mass is 10.1. The van der Waals surface area contributed by atoms with Crippen LogP contribution in [0.25, 0.3) is 5.53 Å². The first-order valence-corrected chi connectivity index (χ1v) is 7.67. The standard InChI is InChI=1S/C13H16N2O4S/c1-3-4-7-19-13(16)12-8-11(6-5-10(12)2)20(17,18)9-15-14/h5-6,8-9H,3-4,7H2,1-2H3. The zero-order valence-corrected chi connectivity index (χ0v) is 12.2. The Kier molecular flexibility index (Phi) is 5.61. The Morgan fingerprint density at radius 2 is 2.15 bits per heavy atom. The van der Waals surface area contributed by atoms with Crippen molar-refractivity contribution in [1.29, 1.82) is 0 Å². The molecule has 0 amide bonds. The number of sulfone groups is 1. The van der Waals surface area contributed by atoms with Gasteiger partial charge in [-0.15, -0.1) is 0 Å². The van der Waals surface area contributed by atoms with Crippen LogP contribution in [0.4, 0.5) is 0 Å². The van der Waals surface area contributed by atoms with E-state index in [0.29, 0.717) is 17.7 Å². The quantitative estimate of drug-likeness (QED) is 0.200. The minimum Gasteiger partial charge on any atom is -0.462 e. The van der Waals surface area contributed by atoms with Gasteiger partial charge in [-0.1, -0.05) is 19.4 Å². The van der Waals surface area contributed by atoms with Gasteiger partial charge in [-0.05, 0) is 31.0 Å². The number of nitrogens with zero attached hydrogens (tertiary/aromatic N) is 2. The van der Waals surface area contributed by atoms with Gasteiger partial charge in [0.15, 0.2) is 0 Å². The number of esters is 1. The summed E-state index contributed by atoms with van der Waals surface area (Å²) in [5, 5.41) is 0. The molecule has 1 rings (SSSR count). The van der Waals surface area contributed by atoms with E-state index < -0.39 is 15.8 Å². The minimum atomic E-state index is -3.86. The molecule has 0 unspecified atom stereocenters. The maximum Gasteiger partial charge on any atom is 0.374 e. The average Bonchev–Trinajstić information content (AvgIpc) is 2.39. The zero-order valence-electron chi connectivity index (χ0n) is 11.4. The molecular formula is C13H16N2O4S. The summed E-state index contributed by atoms with van der Waals surface area (Å²) >= 11 is 0. The Hall–Kier alpha value is -1.98. The Morgan fingerprint density at radius 1 is 1.45 bits per heavy atom. The van der Waals surface area contributed by atoms with Gasteiger partial charge in [0.05, 0.1) is 17.1 Å². The lowest BCUT2D eigenvalue weighted by molar-refractivity contribution is 0.00752. The van der Waals surface area contributed by atoms with E-state index in [2.05, 4.69) is 4.79 Å². The second-order valence-corrected chi connectivity index (χ2v) is 6.00. The van der Waals surface area contributed by atoms with Crippen LogP contribution in [0.5, 0.6) is 0 Å². The number of carbonyl (C=O) groups excluding carboxylic acids is 1. The van der Waals surface area contributed by atoms with Crippen LogP contribution in [0.3, 0.4) is 0 Å². The van der Waals surface area contributed by atoms with E-state index in [9.17, 15) is 13.2 Å². The highest BCUT2D eigenvalue weighted by atomic mass is 32.2. The van der Waals surface area contributed by atoms with E-state index in [4.69, 9.17) is 10.3 Å². The van der Waals surface area contributed by atoms with Crippen molar-refractivity contribution >= 4 is 21.4 Å². The van der Waals surface area contributed by atoms with Gasteiger partial charge in [-0.2, -0.15) is 4.79 Å². The molecule has 0 aliphatic heterocycles. The van der Waals surface area contributed by atoms with Gasteiger partial charge < -0.3 is 10.3 Å². The molecule has 0 fully saturated rings. The fourth-order valence-electron chi connectivity index (χ4n) is 1.51. The number of carbonyl (C=O) groups is 1. The molecule has 0 spiro atoms. The van der Waals surface area contributed by atoms with Crippen LogP contribution in [0, 0.1) is 6.92 Å². The van der Waals surface area contributed by atoms with E-state index in [1.54, 1.807) is 6.92 Å². The summed E-state index contributed by atoms with van der Waals surface area (Å²) in [5.74, 6) is -0.561. The van der Waals surface area contributed by atoms with Crippen molar-refractivity contribution < 1.29 is 22.7 Å². The normalized spacial score (nSPS) is 10.7. The van der Waals surface area contributed by atoms with Crippen molar-refractivity contribution in [1.82, 2.24) is 0 Å². The first kappa shape index (κ1) is 16.1. The molecule has 108 valence electrons. The van der Waals surface area contributed by atoms with Crippen molar-refractivity contribution in [2.45, 2.75) is 31.6 Å². The molecule has 0 radical (unpaired) electrons. The first-order valence-electron chi connectivity index (χ1n) is 6.12. The third kappa shape index (κ3) is 4.01. The summed E-state index contributed by atoms with van der Waals surface area (Å²) in [5.41, 5.74) is 9.56. The van der Waals surface area contributed by atoms with Gasteiger partial charge in [0.1, 0.15) is 0 Å². The highest BCUT2D eigenvalue weighted by Gasteiger charge is 2.20. The molecule has 6 nitrogen and oxygen atoms in total. The first-order chi connectivity index (χ1) is 9.42. The van der Waals surface area contributed by atoms with E-state index in [0.717, 1.165) is 12.8 Å². The van der Waals surface area contributed by atoms with Crippen molar-refractivity contribution in [2.24, 2.45) is 0 Å². The molecule has 0 aliphatic rings. The number of unbranched alkanes of at least 4 members (excludes halogenated alkanes) is 1. The van der Waals surface area contributed by atoms with Crippen LogP contribution in [-0.4, -0.2) is 31.3 Å². The van der Waals surface area contributed by atoms with Crippen LogP contribution in [0.1, 0.15) is 35.7 Å². The van der Waals surface area contributed by atoms with E-state index in [-0.39, 0.29) is 10.5 Å². The van der Waals surface area contributed by atoms with Crippen molar-refractivity contribution in [3.8, 4) is 0 Å². The van der Waals surface area contributed by atoms with Crippen LogP contribution in [0.2, 0.25) is 0 Å². The summed E-state index contributed by atoms with van der Waals surface area (Å²) < 4.78 is 28.5. The molecule has 20 heavy (non-hydrogen) atoms. The number of aryl methyl sites for hydroxylation is 1. The third-order valence-corrected chi connectivity index (χ3v) is 3.96. The minimum absolute atomic E-state index is 0.122. The monoisotopic (exact) mass is 296 g/mol. The molecule has 1 aromatic rings. The SMILES string of the molecule is CCCCOC(=O)c1cc(S(=O)(=O)C=[N+]=[N-])ccc1C. The predicted octanol–water partition coefficient (Wildman–Crippen LogP) is 1.98. The number of hydrogen-bond donors (Lipinski definition) is 0. The Morgan fingerprint density at radius 3 is 2.75 bits per heavy atom. The van der Waals surface area contributed by atoms with E-state index in [1.165, 1.54) is 18.2 Å². The van der Waals surface area contributed by atoms with Crippen LogP contribution in [0.15, 0.2) is 23.1 Å². The van der Waals surface area contributed by atoms with Crippen LogP contribution >= 0.6 is 0 Å². The van der Waals surface area contributed by atoms with Gasteiger partial charge >= 0.3 is 11.5 Å². The molecular weight excluding hydrogens is 280 g/mol. The third-order valence-electron chi connectivity index (χ3n) is 2.67. The van der Waals surface area contributed by atoms with E-state index >= 15 is 0 Å². The fraction of sp³-hybridized carbons (Fsp3) is 0.385. The van der Waals surface area contributed by atoms with Crippen LogP contribution < -0.4 is 0 Å². The molecule has 0 heterocycles. The van der Waals surface area contributed by atoms with Crippen molar-refractivity contribution in [3.63, 3.8) is 0 Å². The summed E-state index contributed by atoms with van der Waals surface area (Å²) in [7, 11) is -3.86. The van der Waals surface area contributed by atoms with Gasteiger partial charge in [0, 0.05) is 0 Å². The van der Waals surface area contributed by atoms with Gasteiger partial charge in [-0.3, -0.25) is 0 Å². The van der Waals surface area contributed by atoms with Gasteiger partial charge in [0.2, 0.25) is 0 Å². The summed E-state index contributed by atoms with van der Waals surface area (Å²) in [6.07, 6.45) is 1.65. The lowest BCUT2D eigenvalue weighted by Gasteiger charge is -2.07. The topological polar surface area (TPSA) is 96.8 Å².